The average Bonchev–Trinajstić information content (AvgIpc) is 2.61. The van der Waals surface area contributed by atoms with Gasteiger partial charge in [0.05, 0.1) is 9.88 Å². The Morgan fingerprint density at radius 3 is 2.60 bits per heavy atom. The molecule has 1 heterocycles. The Labute approximate surface area is 90.4 Å². The Hall–Kier alpha value is -1.55. The van der Waals surface area contributed by atoms with E-state index >= 15 is 0 Å². The first kappa shape index (κ1) is 9.98. The molecule has 2 nitrogen and oxygen atoms in total. The second kappa shape index (κ2) is 3.90. The van der Waals surface area contributed by atoms with Gasteiger partial charge in [-0.05, 0) is 24.6 Å². The standard InChI is InChI=1S/C11H8FNOS/c1-7-13-10(6-14)11(15-7)8-2-4-9(12)5-3-8/h2-6H,1H3. The Bertz CT molecular complexity index is 490. The van der Waals surface area contributed by atoms with Crippen molar-refractivity contribution in [3.8, 4) is 10.4 Å². The first-order valence-corrected chi connectivity index (χ1v) is 5.21. The molecule has 4 heteroatoms. The predicted molar refractivity (Wildman–Crippen MR) is 57.6 cm³/mol. The molecule has 0 atom stereocenters. The Morgan fingerprint density at radius 1 is 1.33 bits per heavy atom. The predicted octanol–water partition coefficient (Wildman–Crippen LogP) is 3.07. The lowest BCUT2D eigenvalue weighted by Crippen LogP contribution is -1.84. The Morgan fingerprint density at radius 2 is 2.00 bits per heavy atom. The number of aldehydes is 1. The first-order chi connectivity index (χ1) is 7.20. The molecule has 0 aliphatic rings. The van der Waals surface area contributed by atoms with Crippen LogP contribution in [0.4, 0.5) is 4.39 Å². The topological polar surface area (TPSA) is 30.0 Å². The third kappa shape index (κ3) is 1.94. The molecule has 0 amide bonds. The zero-order valence-electron chi connectivity index (χ0n) is 8.03. The minimum Gasteiger partial charge on any atom is -0.296 e. The van der Waals surface area contributed by atoms with Gasteiger partial charge in [-0.2, -0.15) is 0 Å². The molecule has 0 saturated carbocycles. The summed E-state index contributed by atoms with van der Waals surface area (Å²) in [4.78, 5) is 15.6. The summed E-state index contributed by atoms with van der Waals surface area (Å²) in [7, 11) is 0. The maximum absolute atomic E-state index is 12.7. The molecule has 2 aromatic rings. The van der Waals surface area contributed by atoms with Crippen molar-refractivity contribution < 1.29 is 9.18 Å². The number of benzene rings is 1. The monoisotopic (exact) mass is 221 g/mol. The molecule has 0 unspecified atom stereocenters. The molecule has 0 aliphatic heterocycles. The van der Waals surface area contributed by atoms with Crippen molar-refractivity contribution in [2.75, 3.05) is 0 Å². The molecule has 0 spiro atoms. The fourth-order valence-corrected chi connectivity index (χ4v) is 2.22. The Kier molecular flexibility index (Phi) is 2.60. The maximum atomic E-state index is 12.7. The summed E-state index contributed by atoms with van der Waals surface area (Å²) in [6.07, 6.45) is 0.724. The van der Waals surface area contributed by atoms with Crippen molar-refractivity contribution in [1.29, 1.82) is 0 Å². The van der Waals surface area contributed by atoms with Crippen molar-refractivity contribution in [2.45, 2.75) is 6.92 Å². The quantitative estimate of drug-likeness (QED) is 0.729. The molecular weight excluding hydrogens is 213 g/mol. The molecule has 1 aromatic heterocycles. The van der Waals surface area contributed by atoms with Crippen LogP contribution in [-0.4, -0.2) is 11.3 Å². The molecule has 15 heavy (non-hydrogen) atoms. The zero-order valence-corrected chi connectivity index (χ0v) is 8.84. The lowest BCUT2D eigenvalue weighted by atomic mass is 10.1. The molecule has 1 aromatic carbocycles. The van der Waals surface area contributed by atoms with Crippen molar-refractivity contribution >= 4 is 17.6 Å². The number of rotatable bonds is 2. The van der Waals surface area contributed by atoms with Gasteiger partial charge in [-0.1, -0.05) is 12.1 Å². The zero-order chi connectivity index (χ0) is 10.8. The van der Waals surface area contributed by atoms with Crippen LogP contribution in [0.15, 0.2) is 24.3 Å². The van der Waals surface area contributed by atoms with Crippen LogP contribution >= 0.6 is 11.3 Å². The fraction of sp³-hybridized carbons (Fsp3) is 0.0909. The van der Waals surface area contributed by atoms with E-state index in [2.05, 4.69) is 4.98 Å². The van der Waals surface area contributed by atoms with E-state index in [1.54, 1.807) is 12.1 Å². The van der Waals surface area contributed by atoms with E-state index in [0.29, 0.717) is 5.69 Å². The fourth-order valence-electron chi connectivity index (χ4n) is 1.33. The van der Waals surface area contributed by atoms with Gasteiger partial charge >= 0.3 is 0 Å². The first-order valence-electron chi connectivity index (χ1n) is 4.39. The molecule has 0 N–H and O–H groups in total. The van der Waals surface area contributed by atoms with E-state index in [-0.39, 0.29) is 5.82 Å². The molecule has 0 radical (unpaired) electrons. The van der Waals surface area contributed by atoms with Gasteiger partial charge in [0.15, 0.2) is 6.29 Å². The summed E-state index contributed by atoms with van der Waals surface area (Å²) in [5.41, 5.74) is 1.24. The van der Waals surface area contributed by atoms with Gasteiger partial charge < -0.3 is 0 Å². The lowest BCUT2D eigenvalue weighted by Gasteiger charge is -1.96. The smallest absolute Gasteiger partial charge is 0.169 e. The summed E-state index contributed by atoms with van der Waals surface area (Å²) in [5.74, 6) is -0.285. The van der Waals surface area contributed by atoms with E-state index < -0.39 is 0 Å². The minimum absolute atomic E-state index is 0.285. The van der Waals surface area contributed by atoms with Crippen molar-refractivity contribution in [1.82, 2.24) is 4.98 Å². The number of aryl methyl sites for hydroxylation is 1. The van der Waals surface area contributed by atoms with Gasteiger partial charge in [-0.25, -0.2) is 9.37 Å². The number of carbonyl (C=O) groups excluding carboxylic acids is 1. The maximum Gasteiger partial charge on any atom is 0.169 e. The van der Waals surface area contributed by atoms with Crippen LogP contribution in [0, 0.1) is 12.7 Å². The number of hydrogen-bond donors (Lipinski definition) is 0. The molecule has 0 fully saturated rings. The van der Waals surface area contributed by atoms with Gasteiger partial charge in [-0.15, -0.1) is 11.3 Å². The third-order valence-electron chi connectivity index (χ3n) is 1.98. The summed E-state index contributed by atoms with van der Waals surface area (Å²) >= 11 is 1.43. The Balaban J connectivity index is 2.52. The number of carbonyl (C=O) groups is 1. The van der Waals surface area contributed by atoms with Gasteiger partial charge in [0, 0.05) is 0 Å². The third-order valence-corrected chi connectivity index (χ3v) is 3.01. The van der Waals surface area contributed by atoms with Crippen LogP contribution in [0.2, 0.25) is 0 Å². The second-order valence-electron chi connectivity index (χ2n) is 3.07. The molecule has 76 valence electrons. The lowest BCUT2D eigenvalue weighted by molar-refractivity contribution is 0.112. The average molecular weight is 221 g/mol. The van der Waals surface area contributed by atoms with Crippen LogP contribution in [0.3, 0.4) is 0 Å². The molecule has 0 saturated heterocycles. The van der Waals surface area contributed by atoms with E-state index in [4.69, 9.17) is 0 Å². The summed E-state index contributed by atoms with van der Waals surface area (Å²) < 4.78 is 12.7. The number of nitrogens with zero attached hydrogens (tertiary/aromatic N) is 1. The van der Waals surface area contributed by atoms with Crippen LogP contribution in [0.25, 0.3) is 10.4 Å². The highest BCUT2D eigenvalue weighted by molar-refractivity contribution is 7.15. The number of halogens is 1. The summed E-state index contributed by atoms with van der Waals surface area (Å²) in [6, 6.07) is 6.04. The highest BCUT2D eigenvalue weighted by Crippen LogP contribution is 2.29. The minimum atomic E-state index is -0.285. The van der Waals surface area contributed by atoms with Gasteiger partial charge in [-0.3, -0.25) is 4.79 Å². The SMILES string of the molecule is Cc1nc(C=O)c(-c2ccc(F)cc2)s1. The van der Waals surface area contributed by atoms with E-state index in [1.165, 1.54) is 23.5 Å². The number of thiazole rings is 1. The highest BCUT2D eigenvalue weighted by atomic mass is 32.1. The van der Waals surface area contributed by atoms with Gasteiger partial charge in [0.25, 0.3) is 0 Å². The van der Waals surface area contributed by atoms with Gasteiger partial charge in [0.1, 0.15) is 11.5 Å². The van der Waals surface area contributed by atoms with E-state index in [0.717, 1.165) is 21.7 Å². The number of hydrogen-bond acceptors (Lipinski definition) is 3. The largest absolute Gasteiger partial charge is 0.296 e. The summed E-state index contributed by atoms with van der Waals surface area (Å²) in [6.45, 7) is 1.84. The van der Waals surface area contributed by atoms with Crippen LogP contribution < -0.4 is 0 Å². The van der Waals surface area contributed by atoms with Crippen LogP contribution in [-0.2, 0) is 0 Å². The van der Waals surface area contributed by atoms with Gasteiger partial charge in [0.2, 0.25) is 0 Å². The summed E-state index contributed by atoms with van der Waals surface area (Å²) in [5, 5.41) is 0.830. The highest BCUT2D eigenvalue weighted by Gasteiger charge is 2.09. The second-order valence-corrected chi connectivity index (χ2v) is 4.28. The van der Waals surface area contributed by atoms with Crippen LogP contribution in [0.5, 0.6) is 0 Å². The molecule has 0 bridgehead atoms. The molecule has 0 aliphatic carbocycles. The molecule has 2 rings (SSSR count). The van der Waals surface area contributed by atoms with Crippen LogP contribution in [0.1, 0.15) is 15.5 Å². The van der Waals surface area contributed by atoms with E-state index in [1.807, 2.05) is 6.92 Å². The number of aromatic nitrogens is 1. The molecular formula is C11H8FNOS. The van der Waals surface area contributed by atoms with Crippen molar-refractivity contribution in [3.05, 3.63) is 40.8 Å². The normalized spacial score (nSPS) is 10.3. The van der Waals surface area contributed by atoms with E-state index in [9.17, 15) is 9.18 Å². The van der Waals surface area contributed by atoms with Crippen molar-refractivity contribution in [2.24, 2.45) is 0 Å². The van der Waals surface area contributed by atoms with Crippen molar-refractivity contribution in [3.63, 3.8) is 0 Å².